The van der Waals surface area contributed by atoms with E-state index in [1.165, 1.54) is 12.1 Å². The maximum atomic E-state index is 13.1. The number of ether oxygens (including phenoxy) is 1. The summed E-state index contributed by atoms with van der Waals surface area (Å²) >= 11 is 0. The molecular weight excluding hydrogens is 271 g/mol. The topological polar surface area (TPSA) is 63.7 Å². The Morgan fingerprint density at radius 3 is 2.62 bits per heavy atom. The van der Waals surface area contributed by atoms with Crippen molar-refractivity contribution in [2.24, 2.45) is 10.8 Å². The molecule has 1 aromatic carbocycles. The van der Waals surface area contributed by atoms with E-state index in [2.05, 4.69) is 10.1 Å². The first-order valence-electron chi connectivity index (χ1n) is 6.55. The number of aromatic nitrogens is 1. The third-order valence-electron chi connectivity index (χ3n) is 3.38. The number of benzene rings is 1. The van der Waals surface area contributed by atoms with E-state index in [1.807, 2.05) is 6.07 Å². The summed E-state index contributed by atoms with van der Waals surface area (Å²) in [5, 5.41) is 6.15. The van der Waals surface area contributed by atoms with Crippen LogP contribution in [0.15, 0.2) is 47.7 Å². The lowest BCUT2D eigenvalue weighted by molar-refractivity contribution is 0.398. The quantitative estimate of drug-likeness (QED) is 0.941. The second-order valence-electron chi connectivity index (χ2n) is 4.77. The van der Waals surface area contributed by atoms with Gasteiger partial charge in [-0.15, -0.1) is 0 Å². The number of amidine groups is 1. The Morgan fingerprint density at radius 2 is 2.00 bits per heavy atom. The standard InChI is InChI=1S/C15H15FN4O/c1-21-15-7-6-12(9-18-15)20-13(8-14(17)19-20)10-2-4-11(16)5-3-10/h2-7,9,13H,8H2,1H3,(H2,17,19). The molecular formula is C15H15FN4O. The lowest BCUT2D eigenvalue weighted by atomic mass is 10.0. The molecule has 2 aromatic rings. The Bertz CT molecular complexity index is 654. The second kappa shape index (κ2) is 5.40. The van der Waals surface area contributed by atoms with Crippen LogP contribution in [0.4, 0.5) is 10.1 Å². The molecule has 0 saturated carbocycles. The maximum absolute atomic E-state index is 13.1. The van der Waals surface area contributed by atoms with E-state index in [4.69, 9.17) is 10.5 Å². The number of methoxy groups -OCH3 is 1. The van der Waals surface area contributed by atoms with Crippen LogP contribution in [0.5, 0.6) is 5.88 Å². The van der Waals surface area contributed by atoms with Crippen molar-refractivity contribution in [1.29, 1.82) is 0 Å². The van der Waals surface area contributed by atoms with Crippen LogP contribution in [0.25, 0.3) is 0 Å². The van der Waals surface area contributed by atoms with Crippen LogP contribution in [0.3, 0.4) is 0 Å². The molecule has 0 saturated heterocycles. The van der Waals surface area contributed by atoms with E-state index in [-0.39, 0.29) is 11.9 Å². The summed E-state index contributed by atoms with van der Waals surface area (Å²) in [6, 6.07) is 9.95. The van der Waals surface area contributed by atoms with E-state index in [0.717, 1.165) is 11.3 Å². The Kier molecular flexibility index (Phi) is 3.43. The Labute approximate surface area is 121 Å². The molecule has 21 heavy (non-hydrogen) atoms. The van der Waals surface area contributed by atoms with Crippen LogP contribution in [0, 0.1) is 5.82 Å². The molecule has 1 aliphatic heterocycles. The lowest BCUT2D eigenvalue weighted by Crippen LogP contribution is -2.18. The van der Waals surface area contributed by atoms with Gasteiger partial charge in [-0.05, 0) is 23.8 Å². The van der Waals surface area contributed by atoms with Gasteiger partial charge >= 0.3 is 0 Å². The first kappa shape index (κ1) is 13.4. The van der Waals surface area contributed by atoms with E-state index < -0.39 is 0 Å². The fraction of sp³-hybridized carbons (Fsp3) is 0.200. The van der Waals surface area contributed by atoms with E-state index in [9.17, 15) is 4.39 Å². The number of hydrazone groups is 1. The summed E-state index contributed by atoms with van der Waals surface area (Å²) in [6.45, 7) is 0. The van der Waals surface area contributed by atoms with E-state index in [0.29, 0.717) is 18.1 Å². The predicted molar refractivity (Wildman–Crippen MR) is 78.6 cm³/mol. The third kappa shape index (κ3) is 2.65. The van der Waals surface area contributed by atoms with Gasteiger partial charge in [0.1, 0.15) is 11.7 Å². The Morgan fingerprint density at radius 1 is 1.24 bits per heavy atom. The molecule has 108 valence electrons. The highest BCUT2D eigenvalue weighted by molar-refractivity contribution is 5.85. The van der Waals surface area contributed by atoms with Crippen molar-refractivity contribution >= 4 is 11.5 Å². The minimum absolute atomic E-state index is 0.0548. The number of pyridine rings is 1. The van der Waals surface area contributed by atoms with E-state index >= 15 is 0 Å². The summed E-state index contributed by atoms with van der Waals surface area (Å²) in [4.78, 5) is 4.18. The number of nitrogens with zero attached hydrogens (tertiary/aromatic N) is 3. The molecule has 6 heteroatoms. The van der Waals surface area contributed by atoms with Crippen molar-refractivity contribution in [3.05, 3.63) is 54.0 Å². The average Bonchev–Trinajstić information content (AvgIpc) is 2.90. The number of nitrogens with two attached hydrogens (primary N) is 1. The van der Waals surface area contributed by atoms with Gasteiger partial charge in [0.25, 0.3) is 0 Å². The fourth-order valence-corrected chi connectivity index (χ4v) is 2.34. The van der Waals surface area contributed by atoms with Crippen LogP contribution >= 0.6 is 0 Å². The van der Waals surface area contributed by atoms with Gasteiger partial charge in [0.15, 0.2) is 0 Å². The van der Waals surface area contributed by atoms with Crippen molar-refractivity contribution in [3.63, 3.8) is 0 Å². The van der Waals surface area contributed by atoms with Crippen molar-refractivity contribution in [3.8, 4) is 5.88 Å². The Balaban J connectivity index is 1.92. The van der Waals surface area contributed by atoms with Crippen LogP contribution < -0.4 is 15.5 Å². The predicted octanol–water partition coefficient (Wildman–Crippen LogP) is 2.45. The molecule has 0 fully saturated rings. The van der Waals surface area contributed by atoms with Crippen molar-refractivity contribution < 1.29 is 9.13 Å². The largest absolute Gasteiger partial charge is 0.481 e. The monoisotopic (exact) mass is 286 g/mol. The molecule has 3 rings (SSSR count). The molecule has 0 bridgehead atoms. The van der Waals surface area contributed by atoms with Gasteiger partial charge < -0.3 is 10.5 Å². The van der Waals surface area contributed by atoms with Crippen LogP contribution in [-0.4, -0.2) is 17.9 Å². The van der Waals surface area contributed by atoms with E-state index in [1.54, 1.807) is 36.5 Å². The molecule has 0 aliphatic carbocycles. The summed E-state index contributed by atoms with van der Waals surface area (Å²) in [5.74, 6) is 0.816. The van der Waals surface area contributed by atoms with Gasteiger partial charge in [-0.2, -0.15) is 5.10 Å². The summed E-state index contributed by atoms with van der Waals surface area (Å²) < 4.78 is 18.1. The molecule has 2 N–H and O–H groups in total. The lowest BCUT2D eigenvalue weighted by Gasteiger charge is -2.23. The highest BCUT2D eigenvalue weighted by atomic mass is 19.1. The third-order valence-corrected chi connectivity index (χ3v) is 3.38. The van der Waals surface area contributed by atoms with Gasteiger partial charge in [0.05, 0.1) is 25.0 Å². The first-order valence-corrected chi connectivity index (χ1v) is 6.55. The zero-order valence-electron chi connectivity index (χ0n) is 11.5. The van der Waals surface area contributed by atoms with Crippen LogP contribution in [0.2, 0.25) is 0 Å². The molecule has 0 spiro atoms. The minimum Gasteiger partial charge on any atom is -0.481 e. The van der Waals surface area contributed by atoms with Crippen molar-refractivity contribution in [2.45, 2.75) is 12.5 Å². The smallest absolute Gasteiger partial charge is 0.213 e. The zero-order chi connectivity index (χ0) is 14.8. The summed E-state index contributed by atoms with van der Waals surface area (Å²) in [6.07, 6.45) is 2.27. The fourth-order valence-electron chi connectivity index (χ4n) is 2.34. The number of halogens is 1. The summed E-state index contributed by atoms with van der Waals surface area (Å²) in [5.41, 5.74) is 7.63. The van der Waals surface area contributed by atoms with Gasteiger partial charge in [-0.25, -0.2) is 9.37 Å². The second-order valence-corrected chi connectivity index (χ2v) is 4.77. The van der Waals surface area contributed by atoms with Crippen LogP contribution in [-0.2, 0) is 0 Å². The van der Waals surface area contributed by atoms with Crippen LogP contribution in [0.1, 0.15) is 18.0 Å². The maximum Gasteiger partial charge on any atom is 0.213 e. The molecule has 1 atom stereocenters. The highest BCUT2D eigenvalue weighted by Crippen LogP contribution is 2.34. The van der Waals surface area contributed by atoms with Gasteiger partial charge in [-0.3, -0.25) is 5.01 Å². The van der Waals surface area contributed by atoms with Crippen molar-refractivity contribution in [2.75, 3.05) is 12.1 Å². The normalized spacial score (nSPS) is 17.7. The first-order chi connectivity index (χ1) is 10.2. The minimum atomic E-state index is -0.261. The SMILES string of the molecule is COc1ccc(N2N=C(N)CC2c2ccc(F)cc2)cn1. The number of hydrogen-bond acceptors (Lipinski definition) is 5. The van der Waals surface area contributed by atoms with Crippen molar-refractivity contribution in [1.82, 2.24) is 4.98 Å². The molecule has 0 radical (unpaired) electrons. The number of rotatable bonds is 3. The Hall–Kier alpha value is -2.63. The average molecular weight is 286 g/mol. The summed E-state index contributed by atoms with van der Waals surface area (Å²) in [7, 11) is 1.56. The molecule has 0 amide bonds. The number of hydrogen-bond donors (Lipinski definition) is 1. The number of anilines is 1. The van der Waals surface area contributed by atoms with Gasteiger partial charge in [-0.1, -0.05) is 12.1 Å². The molecule has 1 aromatic heterocycles. The van der Waals surface area contributed by atoms with Gasteiger partial charge in [0.2, 0.25) is 5.88 Å². The molecule has 5 nitrogen and oxygen atoms in total. The zero-order valence-corrected chi connectivity index (χ0v) is 11.5. The highest BCUT2D eigenvalue weighted by Gasteiger charge is 2.28. The van der Waals surface area contributed by atoms with Gasteiger partial charge in [0, 0.05) is 12.5 Å². The molecule has 2 heterocycles. The molecule has 1 unspecified atom stereocenters. The molecule has 1 aliphatic rings.